The van der Waals surface area contributed by atoms with Crippen molar-refractivity contribution in [1.29, 1.82) is 0 Å². The average molecular weight is 248 g/mol. The molecule has 0 N–H and O–H groups in total. The summed E-state index contributed by atoms with van der Waals surface area (Å²) in [5.74, 6) is 0. The molecule has 0 amide bonds. The lowest BCUT2D eigenvalue weighted by Gasteiger charge is -2.38. The zero-order chi connectivity index (χ0) is 11.7. The van der Waals surface area contributed by atoms with Crippen molar-refractivity contribution in [2.24, 2.45) is 0 Å². The van der Waals surface area contributed by atoms with Crippen molar-refractivity contribution in [3.63, 3.8) is 0 Å². The highest BCUT2D eigenvalue weighted by Crippen LogP contribution is 2.18. The fourth-order valence-corrected chi connectivity index (χ4v) is 2.33. The molecule has 0 aliphatic carbocycles. The highest BCUT2D eigenvalue weighted by Gasteiger charge is 2.25. The van der Waals surface area contributed by atoms with Gasteiger partial charge in [0, 0.05) is 6.42 Å². The van der Waals surface area contributed by atoms with Crippen molar-refractivity contribution >= 4 is 0 Å². The van der Waals surface area contributed by atoms with Crippen LogP contribution >= 0.6 is 0 Å². The van der Waals surface area contributed by atoms with E-state index in [0.717, 1.165) is 16.9 Å². The lowest BCUT2D eigenvalue weighted by atomic mass is 10.0. The van der Waals surface area contributed by atoms with Gasteiger partial charge in [0.05, 0.1) is 26.7 Å². The van der Waals surface area contributed by atoms with Gasteiger partial charge in [-0.3, -0.25) is 0 Å². The van der Waals surface area contributed by atoms with Gasteiger partial charge in [-0.1, -0.05) is 32.8 Å². The van der Waals surface area contributed by atoms with Crippen LogP contribution in [0.4, 0.5) is 0 Å². The standard InChI is InChI=1S/C14H30N.ClH/c1-6-9-10-12-14(11-7-2)15(4,5)13-8-3;/h7,14H,2,6,8-13H2,1,3-5H3;1H/q+1;/p-1. The first kappa shape index (κ1) is 18.4. The molecule has 16 heavy (non-hydrogen) atoms. The monoisotopic (exact) mass is 247 g/mol. The average Bonchev–Trinajstić information content (AvgIpc) is 2.16. The first-order valence-corrected chi connectivity index (χ1v) is 6.52. The largest absolute Gasteiger partial charge is 1.00 e. The van der Waals surface area contributed by atoms with Crippen molar-refractivity contribution in [2.45, 2.75) is 58.4 Å². The minimum atomic E-state index is 0. The van der Waals surface area contributed by atoms with Gasteiger partial charge in [-0.25, -0.2) is 0 Å². The molecular weight excluding hydrogens is 218 g/mol. The van der Waals surface area contributed by atoms with Gasteiger partial charge < -0.3 is 16.9 Å². The van der Waals surface area contributed by atoms with Crippen LogP contribution < -0.4 is 12.4 Å². The van der Waals surface area contributed by atoms with Crippen LogP contribution in [0.25, 0.3) is 0 Å². The molecule has 0 aromatic heterocycles. The van der Waals surface area contributed by atoms with E-state index in [9.17, 15) is 0 Å². The Morgan fingerprint density at radius 1 is 1.12 bits per heavy atom. The Balaban J connectivity index is 0. The molecule has 1 nitrogen and oxygen atoms in total. The van der Waals surface area contributed by atoms with Gasteiger partial charge in [0.2, 0.25) is 0 Å². The molecule has 0 saturated carbocycles. The molecule has 0 saturated heterocycles. The molecule has 0 bridgehead atoms. The van der Waals surface area contributed by atoms with Gasteiger partial charge in [0.15, 0.2) is 0 Å². The molecule has 0 aliphatic heterocycles. The van der Waals surface area contributed by atoms with E-state index in [0.29, 0.717) is 0 Å². The predicted octanol–water partition coefficient (Wildman–Crippen LogP) is 1.00. The lowest BCUT2D eigenvalue weighted by Crippen LogP contribution is -3.00. The van der Waals surface area contributed by atoms with Crippen LogP contribution in [0.2, 0.25) is 0 Å². The fourth-order valence-electron chi connectivity index (χ4n) is 2.33. The Labute approximate surface area is 109 Å². The van der Waals surface area contributed by atoms with E-state index in [-0.39, 0.29) is 12.4 Å². The van der Waals surface area contributed by atoms with Gasteiger partial charge >= 0.3 is 0 Å². The third kappa shape index (κ3) is 7.29. The fraction of sp³-hybridized carbons (Fsp3) is 0.857. The van der Waals surface area contributed by atoms with Crippen molar-refractivity contribution in [1.82, 2.24) is 0 Å². The predicted molar refractivity (Wildman–Crippen MR) is 70.0 cm³/mol. The number of nitrogens with zero attached hydrogens (tertiary/aromatic N) is 1. The van der Waals surface area contributed by atoms with Crippen LogP contribution in [0.15, 0.2) is 12.7 Å². The SMILES string of the molecule is C=CCC(CCCCC)[N+](C)(C)CCC.[Cl-]. The molecule has 1 unspecified atom stereocenters. The maximum Gasteiger partial charge on any atom is 0.0920 e. The normalized spacial score (nSPS) is 13.0. The Hall–Kier alpha value is -0.0100. The van der Waals surface area contributed by atoms with E-state index in [1.807, 2.05) is 0 Å². The summed E-state index contributed by atoms with van der Waals surface area (Å²) in [7, 11) is 4.73. The molecule has 2 heteroatoms. The molecule has 0 heterocycles. The zero-order valence-corrected chi connectivity index (χ0v) is 12.4. The second-order valence-corrected chi connectivity index (χ2v) is 5.18. The number of quaternary nitrogens is 1. The maximum atomic E-state index is 3.89. The third-order valence-corrected chi connectivity index (χ3v) is 3.37. The second kappa shape index (κ2) is 10.2. The molecule has 0 radical (unpaired) electrons. The maximum absolute atomic E-state index is 3.89. The van der Waals surface area contributed by atoms with Gasteiger partial charge in [0.25, 0.3) is 0 Å². The number of unbranched alkanes of at least 4 members (excludes halogenated alkanes) is 2. The number of hydrogen-bond donors (Lipinski definition) is 0. The Morgan fingerprint density at radius 2 is 1.75 bits per heavy atom. The molecule has 0 aromatic carbocycles. The summed E-state index contributed by atoms with van der Waals surface area (Å²) < 4.78 is 1.16. The van der Waals surface area contributed by atoms with Crippen molar-refractivity contribution in [3.05, 3.63) is 12.7 Å². The number of hydrogen-bond acceptors (Lipinski definition) is 0. The van der Waals surface area contributed by atoms with Crippen molar-refractivity contribution in [2.75, 3.05) is 20.6 Å². The molecule has 0 spiro atoms. The third-order valence-electron chi connectivity index (χ3n) is 3.37. The van der Waals surface area contributed by atoms with E-state index in [2.05, 4.69) is 40.6 Å². The Kier molecular flexibility index (Phi) is 11.7. The van der Waals surface area contributed by atoms with E-state index < -0.39 is 0 Å². The van der Waals surface area contributed by atoms with Crippen LogP contribution in [-0.4, -0.2) is 31.2 Å². The molecule has 0 aliphatic rings. The molecular formula is C14H30ClN. The van der Waals surface area contributed by atoms with Crippen LogP contribution in [0.1, 0.15) is 52.4 Å². The minimum absolute atomic E-state index is 0. The number of halogens is 1. The summed E-state index contributed by atoms with van der Waals surface area (Å²) in [6.07, 6.45) is 9.95. The van der Waals surface area contributed by atoms with Gasteiger partial charge in [-0.05, 0) is 19.3 Å². The minimum Gasteiger partial charge on any atom is -1.00 e. The first-order chi connectivity index (χ1) is 7.08. The Bertz CT molecular complexity index is 166. The summed E-state index contributed by atoms with van der Waals surface area (Å²) in [4.78, 5) is 0. The van der Waals surface area contributed by atoms with Crippen molar-refractivity contribution < 1.29 is 16.9 Å². The molecule has 0 rings (SSSR count). The zero-order valence-electron chi connectivity index (χ0n) is 11.6. The molecule has 0 aromatic rings. The van der Waals surface area contributed by atoms with E-state index in [1.54, 1.807) is 0 Å². The van der Waals surface area contributed by atoms with Gasteiger partial charge in [0.1, 0.15) is 0 Å². The van der Waals surface area contributed by atoms with Crippen LogP contribution in [0, 0.1) is 0 Å². The smallest absolute Gasteiger partial charge is 0.0920 e. The highest BCUT2D eigenvalue weighted by molar-refractivity contribution is 4.74. The summed E-state index contributed by atoms with van der Waals surface area (Å²) in [5.41, 5.74) is 0. The van der Waals surface area contributed by atoms with Crippen LogP contribution in [0.3, 0.4) is 0 Å². The Morgan fingerprint density at radius 3 is 2.19 bits per heavy atom. The summed E-state index contributed by atoms with van der Waals surface area (Å²) in [6.45, 7) is 9.72. The second-order valence-electron chi connectivity index (χ2n) is 5.18. The number of rotatable bonds is 9. The summed E-state index contributed by atoms with van der Waals surface area (Å²) in [6, 6.07) is 0.772. The topological polar surface area (TPSA) is 0 Å². The lowest BCUT2D eigenvalue weighted by molar-refractivity contribution is -0.915. The van der Waals surface area contributed by atoms with E-state index >= 15 is 0 Å². The summed E-state index contributed by atoms with van der Waals surface area (Å²) in [5, 5.41) is 0. The highest BCUT2D eigenvalue weighted by atomic mass is 35.5. The van der Waals surface area contributed by atoms with Crippen molar-refractivity contribution in [3.8, 4) is 0 Å². The van der Waals surface area contributed by atoms with E-state index in [1.165, 1.54) is 38.6 Å². The van der Waals surface area contributed by atoms with E-state index in [4.69, 9.17) is 0 Å². The first-order valence-electron chi connectivity index (χ1n) is 6.52. The quantitative estimate of drug-likeness (QED) is 0.324. The molecule has 1 atom stereocenters. The summed E-state index contributed by atoms with van der Waals surface area (Å²) >= 11 is 0. The van der Waals surface area contributed by atoms with Gasteiger partial charge in [-0.15, -0.1) is 6.58 Å². The molecule has 98 valence electrons. The molecule has 0 fully saturated rings. The van der Waals surface area contributed by atoms with Crippen LogP contribution in [-0.2, 0) is 0 Å². The van der Waals surface area contributed by atoms with Gasteiger partial charge in [-0.2, -0.15) is 0 Å². The van der Waals surface area contributed by atoms with Crippen LogP contribution in [0.5, 0.6) is 0 Å².